The van der Waals surface area contributed by atoms with Crippen molar-refractivity contribution in [3.63, 3.8) is 0 Å². The maximum Gasteiger partial charge on any atom is 0.0850 e. The summed E-state index contributed by atoms with van der Waals surface area (Å²) in [5.74, 6) is 0. The first-order valence-corrected chi connectivity index (χ1v) is 7.87. The highest BCUT2D eigenvalue weighted by Crippen LogP contribution is 2.22. The number of aromatic nitrogens is 3. The second kappa shape index (κ2) is 7.57. The fourth-order valence-corrected chi connectivity index (χ4v) is 2.92. The molecule has 4 nitrogen and oxygen atoms in total. The number of nitrogens with one attached hydrogen (secondary N) is 1. The molecule has 0 fully saturated rings. The van der Waals surface area contributed by atoms with E-state index in [2.05, 4.69) is 35.3 Å². The third-order valence-electron chi connectivity index (χ3n) is 3.62. The van der Waals surface area contributed by atoms with Crippen LogP contribution in [0, 0.1) is 0 Å². The molecule has 0 saturated carbocycles. The second-order valence-corrected chi connectivity index (χ2v) is 5.55. The number of pyridine rings is 1. The van der Waals surface area contributed by atoms with Gasteiger partial charge < -0.3 is 5.32 Å². The van der Waals surface area contributed by atoms with E-state index in [1.807, 2.05) is 30.1 Å². The smallest absolute Gasteiger partial charge is 0.0850 e. The van der Waals surface area contributed by atoms with Gasteiger partial charge >= 0.3 is 0 Å². The van der Waals surface area contributed by atoms with Gasteiger partial charge in [0.2, 0.25) is 0 Å². The van der Waals surface area contributed by atoms with E-state index < -0.39 is 0 Å². The molecule has 1 unspecified atom stereocenters. The van der Waals surface area contributed by atoms with Crippen molar-refractivity contribution in [3.8, 4) is 0 Å². The van der Waals surface area contributed by atoms with Crippen LogP contribution >= 0.6 is 11.6 Å². The summed E-state index contributed by atoms with van der Waals surface area (Å²) in [5, 5.41) is 8.82. The highest BCUT2D eigenvalue weighted by atomic mass is 35.5. The third kappa shape index (κ3) is 4.05. The Morgan fingerprint density at radius 3 is 2.67 bits per heavy atom. The van der Waals surface area contributed by atoms with Crippen molar-refractivity contribution in [2.45, 2.75) is 39.2 Å². The Kier molecular flexibility index (Phi) is 5.76. The van der Waals surface area contributed by atoms with Gasteiger partial charge in [-0.15, -0.1) is 0 Å². The largest absolute Gasteiger partial charge is 0.313 e. The predicted octanol–water partition coefficient (Wildman–Crippen LogP) is 2.79. The lowest BCUT2D eigenvalue weighted by atomic mass is 10.0. The van der Waals surface area contributed by atoms with Gasteiger partial charge in [0.25, 0.3) is 0 Å². The molecule has 0 bridgehead atoms. The maximum absolute atomic E-state index is 6.45. The van der Waals surface area contributed by atoms with E-state index in [1.54, 1.807) is 0 Å². The Morgan fingerprint density at radius 2 is 2.10 bits per heavy atom. The molecule has 2 heterocycles. The van der Waals surface area contributed by atoms with E-state index >= 15 is 0 Å². The molecular weight excluding hydrogens is 284 g/mol. The number of hydrogen-bond donors (Lipinski definition) is 1. The molecule has 0 radical (unpaired) electrons. The van der Waals surface area contributed by atoms with Crippen LogP contribution in [0.3, 0.4) is 0 Å². The molecule has 0 spiro atoms. The molecule has 2 rings (SSSR count). The summed E-state index contributed by atoms with van der Waals surface area (Å²) in [4.78, 5) is 4.41. The molecule has 0 aromatic carbocycles. The van der Waals surface area contributed by atoms with Gasteiger partial charge in [0, 0.05) is 37.8 Å². The first-order valence-electron chi connectivity index (χ1n) is 7.49. The van der Waals surface area contributed by atoms with Crippen molar-refractivity contribution in [3.05, 3.63) is 46.5 Å². The van der Waals surface area contributed by atoms with Gasteiger partial charge in [0.1, 0.15) is 0 Å². The van der Waals surface area contributed by atoms with Crippen molar-refractivity contribution in [2.24, 2.45) is 7.05 Å². The molecule has 1 atom stereocenters. The zero-order chi connectivity index (χ0) is 15.2. The number of aryl methyl sites for hydroxylation is 2. The summed E-state index contributed by atoms with van der Waals surface area (Å²) >= 11 is 6.45. The summed E-state index contributed by atoms with van der Waals surface area (Å²) < 4.78 is 1.91. The van der Waals surface area contributed by atoms with E-state index in [4.69, 9.17) is 11.6 Å². The van der Waals surface area contributed by atoms with Gasteiger partial charge in [0.15, 0.2) is 0 Å². The lowest BCUT2D eigenvalue weighted by molar-refractivity contribution is 0.500. The minimum absolute atomic E-state index is 0.308. The molecule has 0 aliphatic rings. The Bertz CT molecular complexity index is 565. The lowest BCUT2D eigenvalue weighted by Gasteiger charge is -2.18. The summed E-state index contributed by atoms with van der Waals surface area (Å²) in [6.07, 6.45) is 4.44. The standard InChI is InChI=1S/C16H23ClN4/c1-4-14-16(17)15(21(3)20-14)11-13(18-5-2)10-12-8-6-7-9-19-12/h6-9,13,18H,4-5,10-11H2,1-3H3. The fourth-order valence-electron chi connectivity index (χ4n) is 2.55. The van der Waals surface area contributed by atoms with E-state index in [9.17, 15) is 0 Å². The number of nitrogens with zero attached hydrogens (tertiary/aromatic N) is 3. The molecule has 0 amide bonds. The predicted molar refractivity (Wildman–Crippen MR) is 86.7 cm³/mol. The van der Waals surface area contributed by atoms with Crippen LogP contribution in [0.4, 0.5) is 0 Å². The number of likely N-dealkylation sites (N-methyl/N-ethyl adjacent to an activating group) is 1. The van der Waals surface area contributed by atoms with Crippen molar-refractivity contribution < 1.29 is 0 Å². The highest BCUT2D eigenvalue weighted by molar-refractivity contribution is 6.31. The third-order valence-corrected chi connectivity index (χ3v) is 4.05. The van der Waals surface area contributed by atoms with Crippen LogP contribution in [0.25, 0.3) is 0 Å². The summed E-state index contributed by atoms with van der Waals surface area (Å²) in [7, 11) is 1.96. The molecule has 0 aliphatic carbocycles. The van der Waals surface area contributed by atoms with Gasteiger partial charge in [-0.3, -0.25) is 9.67 Å². The van der Waals surface area contributed by atoms with Gasteiger partial charge in [-0.2, -0.15) is 5.10 Å². The Balaban J connectivity index is 2.14. The molecule has 114 valence electrons. The van der Waals surface area contributed by atoms with Crippen LogP contribution in [0.2, 0.25) is 5.02 Å². The van der Waals surface area contributed by atoms with Crippen LogP contribution in [0.5, 0.6) is 0 Å². The molecule has 0 saturated heterocycles. The van der Waals surface area contributed by atoms with Crippen molar-refractivity contribution >= 4 is 11.6 Å². The first kappa shape index (κ1) is 16.0. The molecule has 5 heteroatoms. The van der Waals surface area contributed by atoms with Gasteiger partial charge in [-0.05, 0) is 25.1 Å². The monoisotopic (exact) mass is 306 g/mol. The van der Waals surface area contributed by atoms with Crippen LogP contribution in [-0.4, -0.2) is 27.4 Å². The Morgan fingerprint density at radius 1 is 1.29 bits per heavy atom. The normalized spacial score (nSPS) is 12.6. The van der Waals surface area contributed by atoms with Crippen molar-refractivity contribution in [1.82, 2.24) is 20.1 Å². The van der Waals surface area contributed by atoms with Crippen LogP contribution < -0.4 is 5.32 Å². The van der Waals surface area contributed by atoms with Gasteiger partial charge in [-0.25, -0.2) is 0 Å². The van der Waals surface area contributed by atoms with Crippen LogP contribution in [0.1, 0.15) is 30.9 Å². The van der Waals surface area contributed by atoms with Crippen LogP contribution in [-0.2, 0) is 26.3 Å². The second-order valence-electron chi connectivity index (χ2n) is 5.17. The topological polar surface area (TPSA) is 42.7 Å². The molecular formula is C16H23ClN4. The average molecular weight is 307 g/mol. The average Bonchev–Trinajstić information content (AvgIpc) is 2.76. The molecule has 2 aromatic heterocycles. The lowest BCUT2D eigenvalue weighted by Crippen LogP contribution is -2.34. The zero-order valence-electron chi connectivity index (χ0n) is 12.9. The quantitative estimate of drug-likeness (QED) is 0.855. The van der Waals surface area contributed by atoms with E-state index in [0.29, 0.717) is 6.04 Å². The van der Waals surface area contributed by atoms with Crippen molar-refractivity contribution in [1.29, 1.82) is 0 Å². The zero-order valence-corrected chi connectivity index (χ0v) is 13.7. The first-order chi connectivity index (χ1) is 10.2. The van der Waals surface area contributed by atoms with Gasteiger partial charge in [0.05, 0.1) is 16.4 Å². The number of hydrogen-bond acceptors (Lipinski definition) is 3. The summed E-state index contributed by atoms with van der Waals surface area (Å²) in [6.45, 7) is 5.12. The van der Waals surface area contributed by atoms with E-state index in [1.165, 1.54) is 0 Å². The maximum atomic E-state index is 6.45. The molecule has 0 aliphatic heterocycles. The Hall–Kier alpha value is -1.39. The molecule has 21 heavy (non-hydrogen) atoms. The molecule has 1 N–H and O–H groups in total. The number of halogens is 1. The molecule has 2 aromatic rings. The van der Waals surface area contributed by atoms with Crippen LogP contribution in [0.15, 0.2) is 24.4 Å². The van der Waals surface area contributed by atoms with Crippen molar-refractivity contribution in [2.75, 3.05) is 6.54 Å². The highest BCUT2D eigenvalue weighted by Gasteiger charge is 2.18. The van der Waals surface area contributed by atoms with Gasteiger partial charge in [-0.1, -0.05) is 31.5 Å². The van der Waals surface area contributed by atoms with E-state index in [0.717, 1.165) is 47.9 Å². The minimum atomic E-state index is 0.308. The summed E-state index contributed by atoms with van der Waals surface area (Å²) in [6, 6.07) is 6.34. The Labute approximate surface area is 131 Å². The SMILES string of the molecule is CCNC(Cc1ccccn1)Cc1c(Cl)c(CC)nn1C. The summed E-state index contributed by atoms with van der Waals surface area (Å²) in [5.41, 5.74) is 3.16. The van der Waals surface area contributed by atoms with E-state index in [-0.39, 0.29) is 0 Å². The number of rotatable bonds is 7. The minimum Gasteiger partial charge on any atom is -0.313 e. The fraction of sp³-hybridized carbons (Fsp3) is 0.500.